The lowest BCUT2D eigenvalue weighted by molar-refractivity contribution is 0.155. The van der Waals surface area contributed by atoms with Gasteiger partial charge in [-0.2, -0.15) is 0 Å². The fourth-order valence-corrected chi connectivity index (χ4v) is 0.587. The van der Waals surface area contributed by atoms with Gasteiger partial charge in [-0.05, 0) is 20.3 Å². The third-order valence-electron chi connectivity index (χ3n) is 1.45. The Morgan fingerprint density at radius 3 is 2.56 bits per heavy atom. The summed E-state index contributed by atoms with van der Waals surface area (Å²) in [5.74, 6) is 0. The molecule has 0 amide bonds. The standard InChI is InChI=1S/C8H16O/c1-5-7(2)6-8(3)9-4/h6,8H,5H2,1-4H3/b7-6-. The Balaban J connectivity index is 3.64. The van der Waals surface area contributed by atoms with Crippen molar-refractivity contribution >= 4 is 0 Å². The summed E-state index contributed by atoms with van der Waals surface area (Å²) >= 11 is 0. The van der Waals surface area contributed by atoms with Crippen molar-refractivity contribution in [2.75, 3.05) is 7.11 Å². The Morgan fingerprint density at radius 1 is 1.67 bits per heavy atom. The molecule has 0 aliphatic rings. The van der Waals surface area contributed by atoms with Crippen LogP contribution in [-0.4, -0.2) is 13.2 Å². The molecule has 0 rings (SSSR count). The summed E-state index contributed by atoms with van der Waals surface area (Å²) in [6, 6.07) is 0. The average Bonchev–Trinajstić information content (AvgIpc) is 1.87. The predicted octanol–water partition coefficient (Wildman–Crippen LogP) is 2.38. The number of hydrogen-bond acceptors (Lipinski definition) is 1. The highest BCUT2D eigenvalue weighted by molar-refractivity contribution is 4.99. The van der Waals surface area contributed by atoms with Crippen LogP contribution < -0.4 is 0 Å². The van der Waals surface area contributed by atoms with Crippen LogP contribution in [0.4, 0.5) is 0 Å². The van der Waals surface area contributed by atoms with Crippen LogP contribution in [0.15, 0.2) is 11.6 Å². The molecule has 0 radical (unpaired) electrons. The maximum absolute atomic E-state index is 5.05. The molecular weight excluding hydrogens is 112 g/mol. The molecule has 0 fully saturated rings. The summed E-state index contributed by atoms with van der Waals surface area (Å²) in [5, 5.41) is 0. The summed E-state index contributed by atoms with van der Waals surface area (Å²) < 4.78 is 5.05. The number of hydrogen-bond donors (Lipinski definition) is 0. The van der Waals surface area contributed by atoms with Gasteiger partial charge in [-0.15, -0.1) is 0 Å². The summed E-state index contributed by atoms with van der Waals surface area (Å²) in [5.41, 5.74) is 1.39. The number of rotatable bonds is 3. The van der Waals surface area contributed by atoms with E-state index in [-0.39, 0.29) is 6.10 Å². The van der Waals surface area contributed by atoms with Crippen LogP contribution in [0.2, 0.25) is 0 Å². The third kappa shape index (κ3) is 4.22. The van der Waals surface area contributed by atoms with Gasteiger partial charge in [0, 0.05) is 7.11 Å². The zero-order chi connectivity index (χ0) is 7.28. The highest BCUT2D eigenvalue weighted by Crippen LogP contribution is 2.01. The third-order valence-corrected chi connectivity index (χ3v) is 1.45. The van der Waals surface area contributed by atoms with Crippen LogP contribution in [0, 0.1) is 0 Å². The van der Waals surface area contributed by atoms with E-state index in [0.29, 0.717) is 0 Å². The van der Waals surface area contributed by atoms with Crippen LogP contribution >= 0.6 is 0 Å². The summed E-state index contributed by atoms with van der Waals surface area (Å²) in [6.45, 7) is 6.31. The molecule has 0 bridgehead atoms. The molecule has 0 heterocycles. The first-order valence-corrected chi connectivity index (χ1v) is 3.40. The van der Waals surface area contributed by atoms with Crippen molar-refractivity contribution in [1.82, 2.24) is 0 Å². The van der Waals surface area contributed by atoms with Gasteiger partial charge in [0.25, 0.3) is 0 Å². The molecule has 9 heavy (non-hydrogen) atoms. The Hall–Kier alpha value is -0.300. The van der Waals surface area contributed by atoms with Gasteiger partial charge >= 0.3 is 0 Å². The summed E-state index contributed by atoms with van der Waals surface area (Å²) in [4.78, 5) is 0. The van der Waals surface area contributed by atoms with E-state index in [9.17, 15) is 0 Å². The van der Waals surface area contributed by atoms with E-state index in [0.717, 1.165) is 6.42 Å². The van der Waals surface area contributed by atoms with Gasteiger partial charge in [-0.1, -0.05) is 18.6 Å². The molecule has 0 aromatic rings. The maximum atomic E-state index is 5.05. The minimum absolute atomic E-state index is 0.268. The molecule has 0 aliphatic carbocycles. The lowest BCUT2D eigenvalue weighted by Crippen LogP contribution is -1.99. The first-order chi connectivity index (χ1) is 4.20. The summed E-state index contributed by atoms with van der Waals surface area (Å²) in [6.07, 6.45) is 3.53. The largest absolute Gasteiger partial charge is 0.378 e. The number of allylic oxidation sites excluding steroid dienone is 1. The molecule has 0 aliphatic heterocycles. The van der Waals surface area contributed by atoms with Gasteiger partial charge in [-0.25, -0.2) is 0 Å². The molecule has 1 unspecified atom stereocenters. The average molecular weight is 128 g/mol. The van der Waals surface area contributed by atoms with Crippen molar-refractivity contribution in [3.8, 4) is 0 Å². The fourth-order valence-electron chi connectivity index (χ4n) is 0.587. The van der Waals surface area contributed by atoms with Crippen LogP contribution in [0.25, 0.3) is 0 Å². The van der Waals surface area contributed by atoms with E-state index >= 15 is 0 Å². The molecular formula is C8H16O. The Morgan fingerprint density at radius 2 is 2.22 bits per heavy atom. The van der Waals surface area contributed by atoms with E-state index < -0.39 is 0 Å². The molecule has 0 saturated carbocycles. The van der Waals surface area contributed by atoms with E-state index in [1.165, 1.54) is 5.57 Å². The van der Waals surface area contributed by atoms with Crippen LogP contribution in [-0.2, 0) is 4.74 Å². The van der Waals surface area contributed by atoms with Gasteiger partial charge in [-0.3, -0.25) is 0 Å². The first-order valence-electron chi connectivity index (χ1n) is 3.40. The van der Waals surface area contributed by atoms with Crippen LogP contribution in [0.5, 0.6) is 0 Å². The van der Waals surface area contributed by atoms with E-state index in [4.69, 9.17) is 4.74 Å². The lowest BCUT2D eigenvalue weighted by Gasteiger charge is -2.03. The van der Waals surface area contributed by atoms with Gasteiger partial charge in [0.15, 0.2) is 0 Å². The second kappa shape index (κ2) is 4.57. The predicted molar refractivity (Wildman–Crippen MR) is 40.5 cm³/mol. The van der Waals surface area contributed by atoms with Crippen molar-refractivity contribution in [1.29, 1.82) is 0 Å². The SMILES string of the molecule is CC/C(C)=C\C(C)OC. The van der Waals surface area contributed by atoms with Crippen molar-refractivity contribution in [2.45, 2.75) is 33.3 Å². The highest BCUT2D eigenvalue weighted by Gasteiger charge is 1.92. The van der Waals surface area contributed by atoms with Gasteiger partial charge in [0.1, 0.15) is 0 Å². The molecule has 54 valence electrons. The second-order valence-corrected chi connectivity index (χ2v) is 2.31. The zero-order valence-electron chi connectivity index (χ0n) is 6.77. The molecule has 1 atom stereocenters. The Kier molecular flexibility index (Phi) is 4.41. The van der Waals surface area contributed by atoms with Crippen molar-refractivity contribution in [3.63, 3.8) is 0 Å². The highest BCUT2D eigenvalue weighted by atomic mass is 16.5. The van der Waals surface area contributed by atoms with Gasteiger partial charge < -0.3 is 4.74 Å². The van der Waals surface area contributed by atoms with E-state index in [2.05, 4.69) is 19.9 Å². The van der Waals surface area contributed by atoms with Crippen molar-refractivity contribution in [3.05, 3.63) is 11.6 Å². The summed E-state index contributed by atoms with van der Waals surface area (Å²) in [7, 11) is 1.73. The number of ether oxygens (including phenoxy) is 1. The molecule has 0 spiro atoms. The fraction of sp³-hybridized carbons (Fsp3) is 0.750. The maximum Gasteiger partial charge on any atom is 0.0726 e. The Bertz CT molecular complexity index is 94.7. The van der Waals surface area contributed by atoms with E-state index in [1.807, 2.05) is 6.92 Å². The van der Waals surface area contributed by atoms with Crippen LogP contribution in [0.1, 0.15) is 27.2 Å². The van der Waals surface area contributed by atoms with Gasteiger partial charge in [0.05, 0.1) is 6.10 Å². The monoisotopic (exact) mass is 128 g/mol. The van der Waals surface area contributed by atoms with Crippen LogP contribution in [0.3, 0.4) is 0 Å². The molecule has 0 aromatic carbocycles. The zero-order valence-corrected chi connectivity index (χ0v) is 6.77. The smallest absolute Gasteiger partial charge is 0.0726 e. The van der Waals surface area contributed by atoms with Crippen molar-refractivity contribution in [2.24, 2.45) is 0 Å². The minimum Gasteiger partial charge on any atom is -0.378 e. The lowest BCUT2D eigenvalue weighted by atomic mass is 10.2. The van der Waals surface area contributed by atoms with Gasteiger partial charge in [0.2, 0.25) is 0 Å². The minimum atomic E-state index is 0.268. The quantitative estimate of drug-likeness (QED) is 0.530. The topological polar surface area (TPSA) is 9.23 Å². The first kappa shape index (κ1) is 8.70. The van der Waals surface area contributed by atoms with E-state index in [1.54, 1.807) is 7.11 Å². The number of methoxy groups -OCH3 is 1. The van der Waals surface area contributed by atoms with Crippen molar-refractivity contribution < 1.29 is 4.74 Å². The molecule has 1 heteroatoms. The molecule has 0 saturated heterocycles. The molecule has 0 N–H and O–H groups in total. The normalized spacial score (nSPS) is 15.8. The molecule has 0 aromatic heterocycles. The second-order valence-electron chi connectivity index (χ2n) is 2.31. The molecule has 1 nitrogen and oxygen atoms in total. The Labute approximate surface area is 57.7 Å².